The fourth-order valence-corrected chi connectivity index (χ4v) is 3.32. The number of hydrogen-bond acceptors (Lipinski definition) is 4. The van der Waals surface area contributed by atoms with Crippen LogP contribution in [0.2, 0.25) is 0 Å². The van der Waals surface area contributed by atoms with Crippen molar-refractivity contribution < 1.29 is 14.3 Å². The maximum Gasteiger partial charge on any atom is 0.251 e. The molecule has 7 heteroatoms. The van der Waals surface area contributed by atoms with Crippen LogP contribution in [0, 0.1) is 11.8 Å². The fourth-order valence-electron chi connectivity index (χ4n) is 3.32. The molecule has 1 heterocycles. The molecule has 2 rings (SSSR count). The fraction of sp³-hybridized carbons (Fsp3) is 0.600. The van der Waals surface area contributed by atoms with Gasteiger partial charge < -0.3 is 20.7 Å². The molecule has 1 aliphatic heterocycles. The first-order valence-corrected chi connectivity index (χ1v) is 9.32. The lowest BCUT2D eigenvalue weighted by Gasteiger charge is -2.36. The van der Waals surface area contributed by atoms with E-state index < -0.39 is 6.04 Å². The summed E-state index contributed by atoms with van der Waals surface area (Å²) in [5.41, 5.74) is 6.49. The molecule has 0 saturated carbocycles. The van der Waals surface area contributed by atoms with Gasteiger partial charge >= 0.3 is 0 Å². The van der Waals surface area contributed by atoms with Crippen LogP contribution in [0.1, 0.15) is 44.0 Å². The Morgan fingerprint density at radius 3 is 2.15 bits per heavy atom. The Hall–Kier alpha value is -1.79. The van der Waals surface area contributed by atoms with Gasteiger partial charge in [0.05, 0.1) is 7.11 Å². The zero-order chi connectivity index (χ0) is 19.3. The minimum atomic E-state index is -0.531. The van der Waals surface area contributed by atoms with Crippen molar-refractivity contribution in [3.63, 3.8) is 0 Å². The second-order valence-electron chi connectivity index (χ2n) is 7.45. The Kier molecular flexibility index (Phi) is 9.06. The summed E-state index contributed by atoms with van der Waals surface area (Å²) in [6, 6.07) is 6.49. The van der Waals surface area contributed by atoms with Gasteiger partial charge in [-0.2, -0.15) is 0 Å². The van der Waals surface area contributed by atoms with E-state index in [9.17, 15) is 9.59 Å². The number of benzene rings is 1. The molecule has 27 heavy (non-hydrogen) atoms. The largest absolute Gasteiger partial charge is 0.497 e. The van der Waals surface area contributed by atoms with E-state index in [1.807, 2.05) is 25.7 Å². The number of nitrogens with zero attached hydrogens (tertiary/aromatic N) is 1. The number of carbonyl (C=O) groups is 2. The Morgan fingerprint density at radius 1 is 1.15 bits per heavy atom. The second kappa shape index (κ2) is 10.5. The molecule has 1 aromatic rings. The minimum Gasteiger partial charge on any atom is -0.497 e. The molecule has 1 aromatic carbocycles. The molecule has 1 saturated heterocycles. The molecule has 2 unspecified atom stereocenters. The van der Waals surface area contributed by atoms with Crippen molar-refractivity contribution in [1.82, 2.24) is 10.2 Å². The molecule has 0 aliphatic carbocycles. The van der Waals surface area contributed by atoms with Gasteiger partial charge in [-0.1, -0.05) is 13.8 Å². The summed E-state index contributed by atoms with van der Waals surface area (Å²) in [7, 11) is 1.58. The average Bonchev–Trinajstić information content (AvgIpc) is 2.65. The summed E-state index contributed by atoms with van der Waals surface area (Å²) in [5.74, 6) is 0.909. The summed E-state index contributed by atoms with van der Waals surface area (Å²) in [6.45, 7) is 7.32. The first-order chi connectivity index (χ1) is 12.3. The number of methoxy groups -OCH3 is 1. The molecule has 6 nitrogen and oxygen atoms in total. The lowest BCUT2D eigenvalue weighted by molar-refractivity contribution is -0.135. The van der Waals surface area contributed by atoms with Crippen LogP contribution in [0.25, 0.3) is 0 Å². The van der Waals surface area contributed by atoms with Gasteiger partial charge in [-0.05, 0) is 55.9 Å². The molecular weight excluding hydrogens is 366 g/mol. The number of rotatable bonds is 6. The number of likely N-dealkylation sites (tertiary alicyclic amines) is 1. The van der Waals surface area contributed by atoms with Crippen molar-refractivity contribution in [3.05, 3.63) is 29.8 Å². The molecule has 0 aromatic heterocycles. The Bertz CT molecular complexity index is 611. The molecular formula is C20H32ClN3O3. The third kappa shape index (κ3) is 6.11. The van der Waals surface area contributed by atoms with Crippen LogP contribution in [0.5, 0.6) is 5.75 Å². The highest BCUT2D eigenvalue weighted by Crippen LogP contribution is 2.21. The van der Waals surface area contributed by atoms with Crippen molar-refractivity contribution in [3.8, 4) is 5.75 Å². The van der Waals surface area contributed by atoms with Gasteiger partial charge in [0.2, 0.25) is 5.91 Å². The number of carbonyl (C=O) groups excluding carboxylic acids is 2. The quantitative estimate of drug-likeness (QED) is 0.772. The van der Waals surface area contributed by atoms with Gasteiger partial charge in [0.25, 0.3) is 5.91 Å². The third-order valence-corrected chi connectivity index (χ3v) is 5.17. The van der Waals surface area contributed by atoms with Crippen LogP contribution < -0.4 is 15.8 Å². The van der Waals surface area contributed by atoms with Crippen LogP contribution in [-0.2, 0) is 4.79 Å². The number of ether oxygens (including phenoxy) is 1. The van der Waals surface area contributed by atoms with Gasteiger partial charge in [-0.15, -0.1) is 12.4 Å². The molecule has 2 atom stereocenters. The molecule has 0 radical (unpaired) electrons. The zero-order valence-electron chi connectivity index (χ0n) is 16.6. The predicted octanol–water partition coefficient (Wildman–Crippen LogP) is 2.46. The van der Waals surface area contributed by atoms with Crippen molar-refractivity contribution in [2.45, 2.75) is 45.7 Å². The van der Waals surface area contributed by atoms with E-state index in [2.05, 4.69) is 5.32 Å². The van der Waals surface area contributed by atoms with Crippen LogP contribution in [0.4, 0.5) is 0 Å². The zero-order valence-corrected chi connectivity index (χ0v) is 17.4. The monoisotopic (exact) mass is 397 g/mol. The molecule has 152 valence electrons. The number of nitrogens with one attached hydrogen (secondary N) is 1. The molecule has 1 aliphatic rings. The van der Waals surface area contributed by atoms with E-state index in [1.54, 1.807) is 31.4 Å². The summed E-state index contributed by atoms with van der Waals surface area (Å²) in [6.07, 6.45) is 1.83. The second-order valence-corrected chi connectivity index (χ2v) is 7.45. The maximum atomic E-state index is 12.9. The Labute approximate surface area is 168 Å². The SMILES string of the molecule is COc1ccc(C(=O)NC(C(=O)N2CCC(C(C)N)CC2)C(C)C)cc1.Cl. The van der Waals surface area contributed by atoms with Crippen molar-refractivity contribution in [1.29, 1.82) is 0 Å². The summed E-state index contributed by atoms with van der Waals surface area (Å²) in [5, 5.41) is 2.91. The highest BCUT2D eigenvalue weighted by atomic mass is 35.5. The minimum absolute atomic E-state index is 0. The lowest BCUT2D eigenvalue weighted by Crippen LogP contribution is -2.53. The van der Waals surface area contributed by atoms with E-state index in [1.165, 1.54) is 0 Å². The van der Waals surface area contributed by atoms with Gasteiger partial charge in [0.1, 0.15) is 11.8 Å². The van der Waals surface area contributed by atoms with E-state index >= 15 is 0 Å². The predicted molar refractivity (Wildman–Crippen MR) is 109 cm³/mol. The molecule has 2 amide bonds. The Morgan fingerprint density at radius 2 is 1.70 bits per heavy atom. The van der Waals surface area contributed by atoms with Gasteiger partial charge in [0.15, 0.2) is 0 Å². The topological polar surface area (TPSA) is 84.7 Å². The van der Waals surface area contributed by atoms with Crippen LogP contribution in [-0.4, -0.2) is 49.0 Å². The highest BCUT2D eigenvalue weighted by Gasteiger charge is 2.32. The lowest BCUT2D eigenvalue weighted by atomic mass is 9.90. The van der Waals surface area contributed by atoms with Gasteiger partial charge in [-0.25, -0.2) is 0 Å². The summed E-state index contributed by atoms with van der Waals surface area (Å²) < 4.78 is 5.11. The highest BCUT2D eigenvalue weighted by molar-refractivity contribution is 5.97. The van der Waals surface area contributed by atoms with Crippen molar-refractivity contribution in [2.75, 3.05) is 20.2 Å². The first kappa shape index (κ1) is 23.2. The average molecular weight is 398 g/mol. The van der Waals surface area contributed by atoms with Crippen LogP contribution in [0.3, 0.4) is 0 Å². The van der Waals surface area contributed by atoms with Crippen LogP contribution in [0.15, 0.2) is 24.3 Å². The number of piperidine rings is 1. The van der Waals surface area contributed by atoms with Crippen molar-refractivity contribution >= 4 is 24.2 Å². The normalized spacial score (nSPS) is 17.0. The van der Waals surface area contributed by atoms with Crippen molar-refractivity contribution in [2.24, 2.45) is 17.6 Å². The first-order valence-electron chi connectivity index (χ1n) is 9.32. The number of halogens is 1. The van der Waals surface area contributed by atoms with E-state index in [-0.39, 0.29) is 36.2 Å². The maximum absolute atomic E-state index is 12.9. The third-order valence-electron chi connectivity index (χ3n) is 5.17. The summed E-state index contributed by atoms with van der Waals surface area (Å²) in [4.78, 5) is 27.4. The molecule has 1 fully saturated rings. The number of nitrogens with two attached hydrogens (primary N) is 1. The van der Waals surface area contributed by atoms with Gasteiger partial charge in [0, 0.05) is 24.7 Å². The Balaban J connectivity index is 0.00000364. The molecule has 3 N–H and O–H groups in total. The van der Waals surface area contributed by atoms with E-state index in [0.717, 1.165) is 12.8 Å². The molecule has 0 spiro atoms. The number of amides is 2. The van der Waals surface area contributed by atoms with Crippen LogP contribution >= 0.6 is 12.4 Å². The molecule has 0 bridgehead atoms. The standard InChI is InChI=1S/C20H31N3O3.ClH/c1-13(2)18(20(25)23-11-9-15(10-12-23)14(3)21)22-19(24)16-5-7-17(26-4)8-6-16;/h5-8,13-15,18H,9-12,21H2,1-4H3,(H,22,24);1H. The van der Waals surface area contributed by atoms with Gasteiger partial charge in [-0.3, -0.25) is 9.59 Å². The van der Waals surface area contributed by atoms with E-state index in [0.29, 0.717) is 30.3 Å². The smallest absolute Gasteiger partial charge is 0.251 e. The van der Waals surface area contributed by atoms with E-state index in [4.69, 9.17) is 10.5 Å². The summed E-state index contributed by atoms with van der Waals surface area (Å²) >= 11 is 0. The number of hydrogen-bond donors (Lipinski definition) is 2.